The molecule has 3 aromatic carbocycles. The summed E-state index contributed by atoms with van der Waals surface area (Å²) in [6.45, 7) is 0. The second kappa shape index (κ2) is 7.20. The van der Waals surface area contributed by atoms with Crippen LogP contribution in [0.5, 0.6) is 5.75 Å². The summed E-state index contributed by atoms with van der Waals surface area (Å²) < 4.78 is 34.5. The fourth-order valence-electron chi connectivity index (χ4n) is 2.22. The topological polar surface area (TPSA) is 38.7 Å². The van der Waals surface area contributed by atoms with E-state index in [0.717, 1.165) is 11.1 Å². The highest BCUT2D eigenvalue weighted by molar-refractivity contribution is 7.84. The van der Waals surface area contributed by atoms with Gasteiger partial charge < -0.3 is 4.18 Å². The third kappa shape index (κ3) is 4.46. The fraction of sp³-hybridized carbons (Fsp3) is 0. The second-order valence-electron chi connectivity index (χ2n) is 5.17. The average Bonchev–Trinajstić information content (AvgIpc) is 2.63. The van der Waals surface area contributed by atoms with Crippen molar-refractivity contribution in [1.82, 2.24) is 0 Å². The van der Waals surface area contributed by atoms with Crippen LogP contribution in [0.4, 0.5) is 9.57 Å². The molecule has 0 saturated heterocycles. The summed E-state index contributed by atoms with van der Waals surface area (Å²) in [5.41, 5.74) is 2.78. The predicted octanol–water partition coefficient (Wildman–Crippen LogP) is 5.31. The minimum atomic E-state index is -4.36. The van der Waals surface area contributed by atoms with E-state index in [1.165, 1.54) is 12.1 Å². The van der Waals surface area contributed by atoms with Gasteiger partial charge in [-0.15, -0.1) is 10.8 Å². The van der Waals surface area contributed by atoms with Gasteiger partial charge in [0, 0.05) is 5.56 Å². The normalized spacial score (nSPS) is 12.6. The van der Waals surface area contributed by atoms with Crippen LogP contribution in [0.2, 0.25) is 0 Å². The van der Waals surface area contributed by atoms with Gasteiger partial charge in [0.1, 0.15) is 5.75 Å². The molecule has 0 aliphatic rings. The summed E-state index contributed by atoms with van der Waals surface area (Å²) >= 11 is 0. The number of halogens is 1. The van der Waals surface area contributed by atoms with E-state index in [4.69, 9.17) is 10.6 Å². The SMILES string of the molecule is C#Cc1ccc(N=[S@](=O)(F)Oc2ccc(-c3ccccc3)cc2)cc1. The summed E-state index contributed by atoms with van der Waals surface area (Å²) in [7, 11) is -4.36. The summed E-state index contributed by atoms with van der Waals surface area (Å²) in [5.74, 6) is 2.57. The molecule has 124 valence electrons. The molecule has 3 aromatic rings. The largest absolute Gasteiger partial charge is 0.382 e. The molecule has 0 spiro atoms. The number of nitrogens with zero attached hydrogens (tertiary/aromatic N) is 1. The minimum Gasteiger partial charge on any atom is -0.373 e. The lowest BCUT2D eigenvalue weighted by Gasteiger charge is -2.06. The van der Waals surface area contributed by atoms with Crippen LogP contribution in [0.25, 0.3) is 11.1 Å². The van der Waals surface area contributed by atoms with E-state index in [1.807, 2.05) is 30.3 Å². The zero-order chi connectivity index (χ0) is 17.7. The molecule has 1 atom stereocenters. The van der Waals surface area contributed by atoms with E-state index in [2.05, 4.69) is 10.3 Å². The fourth-order valence-corrected chi connectivity index (χ4v) is 2.97. The Bertz CT molecular complexity index is 1010. The molecule has 0 amide bonds. The quantitative estimate of drug-likeness (QED) is 0.472. The van der Waals surface area contributed by atoms with Crippen molar-refractivity contribution in [2.45, 2.75) is 0 Å². The van der Waals surface area contributed by atoms with Crippen LogP contribution >= 0.6 is 0 Å². The van der Waals surface area contributed by atoms with Crippen LogP contribution in [-0.4, -0.2) is 4.21 Å². The van der Waals surface area contributed by atoms with Crippen molar-refractivity contribution in [3.8, 4) is 29.2 Å². The predicted molar refractivity (Wildman–Crippen MR) is 98.2 cm³/mol. The molecule has 0 radical (unpaired) electrons. The minimum absolute atomic E-state index is 0.135. The lowest BCUT2D eigenvalue weighted by molar-refractivity contribution is 0.505. The van der Waals surface area contributed by atoms with Gasteiger partial charge in [0.25, 0.3) is 0 Å². The Morgan fingerprint density at radius 2 is 1.48 bits per heavy atom. The van der Waals surface area contributed by atoms with E-state index in [-0.39, 0.29) is 11.4 Å². The Hall–Kier alpha value is -3.10. The molecule has 0 aliphatic carbocycles. The highest BCUT2D eigenvalue weighted by atomic mass is 32.3. The first-order valence-electron chi connectivity index (χ1n) is 7.44. The highest BCUT2D eigenvalue weighted by Crippen LogP contribution is 2.24. The van der Waals surface area contributed by atoms with Crippen LogP contribution in [-0.2, 0) is 10.4 Å². The maximum Gasteiger partial charge on any atom is 0.382 e. The van der Waals surface area contributed by atoms with Gasteiger partial charge >= 0.3 is 10.4 Å². The second-order valence-corrected chi connectivity index (χ2v) is 6.34. The summed E-state index contributed by atoms with van der Waals surface area (Å²) in [6.07, 6.45) is 5.25. The van der Waals surface area contributed by atoms with Gasteiger partial charge in [-0.05, 0) is 47.5 Å². The lowest BCUT2D eigenvalue weighted by atomic mass is 10.1. The number of hydrogen-bond acceptors (Lipinski definition) is 3. The Labute approximate surface area is 146 Å². The molecule has 0 saturated carbocycles. The maximum absolute atomic E-state index is 14.2. The monoisotopic (exact) mass is 351 g/mol. The Kier molecular flexibility index (Phi) is 4.82. The van der Waals surface area contributed by atoms with E-state index in [9.17, 15) is 8.09 Å². The number of hydrogen-bond donors (Lipinski definition) is 0. The first kappa shape index (κ1) is 16.7. The molecule has 0 aliphatic heterocycles. The first-order valence-corrected chi connectivity index (χ1v) is 8.78. The molecule has 3 nitrogen and oxygen atoms in total. The van der Waals surface area contributed by atoms with Gasteiger partial charge in [-0.1, -0.05) is 52.3 Å². The van der Waals surface area contributed by atoms with E-state index < -0.39 is 10.4 Å². The molecule has 0 bridgehead atoms. The zero-order valence-electron chi connectivity index (χ0n) is 13.1. The van der Waals surface area contributed by atoms with Gasteiger partial charge in [0.15, 0.2) is 0 Å². The van der Waals surface area contributed by atoms with Crippen molar-refractivity contribution >= 4 is 16.1 Å². The Morgan fingerprint density at radius 1 is 0.880 bits per heavy atom. The van der Waals surface area contributed by atoms with Gasteiger partial charge in [-0.25, -0.2) is 0 Å². The van der Waals surface area contributed by atoms with Crippen LogP contribution in [0.3, 0.4) is 0 Å². The average molecular weight is 351 g/mol. The molecule has 3 rings (SSSR count). The van der Waals surface area contributed by atoms with E-state index in [0.29, 0.717) is 5.56 Å². The summed E-state index contributed by atoms with van der Waals surface area (Å²) in [4.78, 5) is 0. The standard InChI is InChI=1S/C20H14FNO2S/c1-2-16-8-12-19(13-9-16)22-25(21,23)24-20-14-10-18(11-15-20)17-6-4-3-5-7-17/h1,3-15H/t25-/m0/s1. The third-order valence-corrected chi connectivity index (χ3v) is 4.24. The van der Waals surface area contributed by atoms with Crippen molar-refractivity contribution in [2.24, 2.45) is 4.36 Å². The summed E-state index contributed by atoms with van der Waals surface area (Å²) in [5, 5.41) is 0. The van der Waals surface area contributed by atoms with Crippen molar-refractivity contribution < 1.29 is 12.3 Å². The van der Waals surface area contributed by atoms with Crippen LogP contribution in [0.15, 0.2) is 83.2 Å². The van der Waals surface area contributed by atoms with Crippen LogP contribution in [0.1, 0.15) is 5.56 Å². The van der Waals surface area contributed by atoms with Gasteiger partial charge in [0.2, 0.25) is 0 Å². The van der Waals surface area contributed by atoms with E-state index in [1.54, 1.807) is 36.4 Å². The molecule has 0 N–H and O–H groups in total. The van der Waals surface area contributed by atoms with Gasteiger partial charge in [-0.2, -0.15) is 4.21 Å². The van der Waals surface area contributed by atoms with Crippen molar-refractivity contribution in [3.05, 3.63) is 84.4 Å². The maximum atomic E-state index is 14.2. The first-order chi connectivity index (χ1) is 12.1. The lowest BCUT2D eigenvalue weighted by Crippen LogP contribution is -2.01. The van der Waals surface area contributed by atoms with Gasteiger partial charge in [-0.3, -0.25) is 0 Å². The molecule has 0 unspecified atom stereocenters. The van der Waals surface area contributed by atoms with Crippen molar-refractivity contribution in [2.75, 3.05) is 0 Å². The zero-order valence-corrected chi connectivity index (χ0v) is 13.9. The molecular formula is C20H14FNO2S. The Morgan fingerprint density at radius 3 is 2.08 bits per heavy atom. The third-order valence-electron chi connectivity index (χ3n) is 3.41. The number of benzene rings is 3. The van der Waals surface area contributed by atoms with Crippen molar-refractivity contribution in [1.29, 1.82) is 0 Å². The molecule has 25 heavy (non-hydrogen) atoms. The van der Waals surface area contributed by atoms with Crippen LogP contribution in [0, 0.1) is 12.3 Å². The van der Waals surface area contributed by atoms with Crippen molar-refractivity contribution in [3.63, 3.8) is 0 Å². The van der Waals surface area contributed by atoms with Gasteiger partial charge in [0.05, 0.1) is 5.69 Å². The van der Waals surface area contributed by atoms with Crippen LogP contribution < -0.4 is 4.18 Å². The highest BCUT2D eigenvalue weighted by Gasteiger charge is 2.10. The molecule has 5 heteroatoms. The van der Waals surface area contributed by atoms with E-state index >= 15 is 0 Å². The number of rotatable bonds is 4. The number of terminal acetylenes is 1. The molecule has 0 heterocycles. The molecular weight excluding hydrogens is 337 g/mol. The molecule has 0 aromatic heterocycles. The smallest absolute Gasteiger partial charge is 0.373 e. The Balaban J connectivity index is 1.79. The molecule has 0 fully saturated rings. The summed E-state index contributed by atoms with van der Waals surface area (Å²) in [6, 6.07) is 22.5.